The Labute approximate surface area is 127 Å². The molecule has 0 aromatic carbocycles. The Morgan fingerprint density at radius 1 is 1.36 bits per heavy atom. The molecule has 2 aliphatic heterocycles. The van der Waals surface area contributed by atoms with Gasteiger partial charge in [0.05, 0.1) is 32.0 Å². The molecule has 1 unspecified atom stereocenters. The summed E-state index contributed by atoms with van der Waals surface area (Å²) in [7, 11) is 0. The molecule has 2 aliphatic rings. The topological polar surface area (TPSA) is 96.8 Å². The zero-order valence-electron chi connectivity index (χ0n) is 12.5. The number of H-pyrrole nitrogens is 1. The molecule has 2 saturated heterocycles. The molecule has 22 heavy (non-hydrogen) atoms. The number of morpholine rings is 1. The van der Waals surface area contributed by atoms with Crippen LogP contribution in [0.5, 0.6) is 0 Å². The van der Waals surface area contributed by atoms with Gasteiger partial charge in [0, 0.05) is 24.8 Å². The Balaban J connectivity index is 1.93. The van der Waals surface area contributed by atoms with E-state index in [0.717, 1.165) is 13.1 Å². The summed E-state index contributed by atoms with van der Waals surface area (Å²) in [5, 5.41) is 9.40. The minimum Gasteiger partial charge on any atom is -0.394 e. The van der Waals surface area contributed by atoms with Crippen LogP contribution < -0.4 is 11.2 Å². The number of aromatic nitrogens is 2. The molecule has 0 radical (unpaired) electrons. The molecule has 1 aromatic rings. The lowest BCUT2D eigenvalue weighted by molar-refractivity contribution is -0.0578. The first-order valence-corrected chi connectivity index (χ1v) is 7.50. The largest absolute Gasteiger partial charge is 0.394 e. The van der Waals surface area contributed by atoms with Gasteiger partial charge in [0.25, 0.3) is 5.56 Å². The molecule has 2 N–H and O–H groups in total. The average molecular weight is 311 g/mol. The van der Waals surface area contributed by atoms with E-state index in [2.05, 4.69) is 9.88 Å². The number of aromatic amines is 1. The van der Waals surface area contributed by atoms with Gasteiger partial charge in [-0.25, -0.2) is 4.79 Å². The molecular formula is C14H21N3O5. The Morgan fingerprint density at radius 2 is 2.09 bits per heavy atom. The van der Waals surface area contributed by atoms with Crippen molar-refractivity contribution in [2.24, 2.45) is 0 Å². The van der Waals surface area contributed by atoms with Gasteiger partial charge in [-0.2, -0.15) is 0 Å². The van der Waals surface area contributed by atoms with E-state index in [1.54, 1.807) is 6.92 Å². The number of ether oxygens (including phenoxy) is 2. The average Bonchev–Trinajstić information content (AvgIpc) is 2.96. The van der Waals surface area contributed by atoms with Crippen LogP contribution >= 0.6 is 0 Å². The number of rotatable bonds is 3. The van der Waals surface area contributed by atoms with Gasteiger partial charge in [0.15, 0.2) is 6.23 Å². The van der Waals surface area contributed by atoms with E-state index < -0.39 is 11.9 Å². The Bertz CT molecular complexity index is 634. The normalized spacial score (nSPS) is 29.8. The van der Waals surface area contributed by atoms with E-state index in [0.29, 0.717) is 25.2 Å². The number of aliphatic hydroxyl groups is 1. The highest BCUT2D eigenvalue weighted by Crippen LogP contribution is 2.32. The summed E-state index contributed by atoms with van der Waals surface area (Å²) in [6.07, 6.45) is 1.35. The van der Waals surface area contributed by atoms with Crippen molar-refractivity contribution in [2.75, 3.05) is 32.9 Å². The lowest BCUT2D eigenvalue weighted by Gasteiger charge is -2.34. The van der Waals surface area contributed by atoms with Crippen molar-refractivity contribution in [2.45, 2.75) is 31.7 Å². The van der Waals surface area contributed by atoms with Crippen LogP contribution in [0, 0.1) is 6.92 Å². The lowest BCUT2D eigenvalue weighted by Crippen LogP contribution is -2.48. The van der Waals surface area contributed by atoms with Gasteiger partial charge < -0.3 is 14.6 Å². The highest BCUT2D eigenvalue weighted by molar-refractivity contribution is 5.03. The van der Waals surface area contributed by atoms with E-state index in [9.17, 15) is 14.7 Å². The molecule has 0 saturated carbocycles. The van der Waals surface area contributed by atoms with Crippen LogP contribution in [-0.2, 0) is 9.47 Å². The molecule has 0 aliphatic carbocycles. The van der Waals surface area contributed by atoms with Crippen molar-refractivity contribution in [3.63, 3.8) is 0 Å². The summed E-state index contributed by atoms with van der Waals surface area (Å²) in [5.41, 5.74) is -0.422. The first-order valence-electron chi connectivity index (χ1n) is 7.50. The summed E-state index contributed by atoms with van der Waals surface area (Å²) in [6.45, 7) is 4.38. The second kappa shape index (κ2) is 6.33. The van der Waals surface area contributed by atoms with Crippen molar-refractivity contribution >= 4 is 0 Å². The maximum Gasteiger partial charge on any atom is 0.330 e. The van der Waals surface area contributed by atoms with Gasteiger partial charge in [-0.3, -0.25) is 19.2 Å². The smallest absolute Gasteiger partial charge is 0.330 e. The van der Waals surface area contributed by atoms with Gasteiger partial charge >= 0.3 is 5.69 Å². The molecule has 1 aromatic heterocycles. The minimum atomic E-state index is -0.515. The van der Waals surface area contributed by atoms with Crippen molar-refractivity contribution in [1.29, 1.82) is 0 Å². The first-order chi connectivity index (χ1) is 10.6. The molecule has 0 amide bonds. The van der Waals surface area contributed by atoms with Crippen LogP contribution in [0.3, 0.4) is 0 Å². The van der Waals surface area contributed by atoms with Crippen molar-refractivity contribution in [3.05, 3.63) is 32.6 Å². The van der Waals surface area contributed by atoms with Crippen LogP contribution in [-0.4, -0.2) is 64.6 Å². The molecular weight excluding hydrogens is 290 g/mol. The summed E-state index contributed by atoms with van der Waals surface area (Å²) in [5.74, 6) is 0. The highest BCUT2D eigenvalue weighted by Gasteiger charge is 2.40. The molecule has 2 fully saturated rings. The third kappa shape index (κ3) is 2.87. The zero-order valence-corrected chi connectivity index (χ0v) is 12.5. The van der Waals surface area contributed by atoms with Crippen LogP contribution in [0.1, 0.15) is 18.2 Å². The maximum absolute atomic E-state index is 12.1. The number of nitrogens with zero attached hydrogens (tertiary/aromatic N) is 2. The quantitative estimate of drug-likeness (QED) is 0.730. The number of hydrogen-bond donors (Lipinski definition) is 2. The molecule has 8 nitrogen and oxygen atoms in total. The fourth-order valence-electron chi connectivity index (χ4n) is 3.11. The minimum absolute atomic E-state index is 0.0240. The van der Waals surface area contributed by atoms with Gasteiger partial charge in [-0.05, 0) is 13.3 Å². The number of nitrogens with one attached hydrogen (secondary N) is 1. The van der Waals surface area contributed by atoms with Crippen molar-refractivity contribution < 1.29 is 14.6 Å². The molecule has 3 heterocycles. The van der Waals surface area contributed by atoms with Crippen LogP contribution in [0.4, 0.5) is 0 Å². The molecule has 122 valence electrons. The Kier molecular flexibility index (Phi) is 4.44. The zero-order chi connectivity index (χ0) is 15.7. The number of hydrogen-bond acceptors (Lipinski definition) is 6. The van der Waals surface area contributed by atoms with Crippen molar-refractivity contribution in [3.8, 4) is 0 Å². The third-order valence-electron chi connectivity index (χ3n) is 4.30. The molecule has 0 spiro atoms. The predicted octanol–water partition coefficient (Wildman–Crippen LogP) is -1.17. The van der Waals surface area contributed by atoms with Crippen LogP contribution in [0.25, 0.3) is 0 Å². The summed E-state index contributed by atoms with van der Waals surface area (Å²) >= 11 is 0. The number of aryl methyl sites for hydroxylation is 1. The van der Waals surface area contributed by atoms with E-state index in [1.165, 1.54) is 10.8 Å². The van der Waals surface area contributed by atoms with Gasteiger partial charge in [-0.1, -0.05) is 0 Å². The maximum atomic E-state index is 12.1. The van der Waals surface area contributed by atoms with Gasteiger partial charge in [-0.15, -0.1) is 0 Å². The molecule has 3 rings (SSSR count). The first kappa shape index (κ1) is 15.4. The number of aliphatic hydroxyl groups excluding tert-OH is 1. The van der Waals surface area contributed by atoms with E-state index >= 15 is 0 Å². The molecule has 3 atom stereocenters. The highest BCUT2D eigenvalue weighted by atomic mass is 16.5. The fourth-order valence-corrected chi connectivity index (χ4v) is 3.11. The molecule has 8 heteroatoms. The monoisotopic (exact) mass is 311 g/mol. The standard InChI is InChI=1S/C14H21N3O5/c1-9-7-17(14(20)15-12(9)19)13-11(6-10(8-18)22-13)16-2-4-21-5-3-16/h7,10-11,13,18H,2-6,8H2,1H3,(H,15,19,20)/t10-,11?,13+/m0/s1. The second-order valence-electron chi connectivity index (χ2n) is 5.76. The second-order valence-corrected chi connectivity index (χ2v) is 5.76. The lowest BCUT2D eigenvalue weighted by atomic mass is 10.1. The molecule has 0 bridgehead atoms. The van der Waals surface area contributed by atoms with Crippen molar-refractivity contribution in [1.82, 2.24) is 14.5 Å². The fraction of sp³-hybridized carbons (Fsp3) is 0.714. The summed E-state index contributed by atoms with van der Waals surface area (Å²) < 4.78 is 12.6. The SMILES string of the molecule is Cc1cn([C@@H]2O[C@H](CO)CC2N2CCOCC2)c(=O)[nH]c1=O. The van der Waals surface area contributed by atoms with Crippen LogP contribution in [0.15, 0.2) is 15.8 Å². The predicted molar refractivity (Wildman–Crippen MR) is 77.9 cm³/mol. The van der Waals surface area contributed by atoms with Gasteiger partial charge in [0.2, 0.25) is 0 Å². The third-order valence-corrected chi connectivity index (χ3v) is 4.30. The Hall–Kier alpha value is -1.48. The van der Waals surface area contributed by atoms with E-state index in [1.807, 2.05) is 0 Å². The Morgan fingerprint density at radius 3 is 2.77 bits per heavy atom. The van der Waals surface area contributed by atoms with Crippen LogP contribution in [0.2, 0.25) is 0 Å². The van der Waals surface area contributed by atoms with Gasteiger partial charge in [0.1, 0.15) is 0 Å². The van der Waals surface area contributed by atoms with E-state index in [4.69, 9.17) is 9.47 Å². The summed E-state index contributed by atoms with van der Waals surface area (Å²) in [4.78, 5) is 28.2. The summed E-state index contributed by atoms with van der Waals surface area (Å²) in [6, 6.07) is -0.0240. The van der Waals surface area contributed by atoms with E-state index in [-0.39, 0.29) is 24.3 Å².